The first-order valence-electron chi connectivity index (χ1n) is 7.29. The number of methoxy groups -OCH3 is 1. The van der Waals surface area contributed by atoms with Crippen molar-refractivity contribution >= 4 is 11.9 Å². The third-order valence-electron chi connectivity index (χ3n) is 3.02. The second kappa shape index (κ2) is 8.09. The van der Waals surface area contributed by atoms with Crippen LogP contribution in [0, 0.1) is 0 Å². The van der Waals surface area contributed by atoms with Gasteiger partial charge in [0.1, 0.15) is 18.1 Å². The van der Waals surface area contributed by atoms with E-state index in [1.807, 2.05) is 31.2 Å². The van der Waals surface area contributed by atoms with Crippen LogP contribution < -0.4 is 15.8 Å². The summed E-state index contributed by atoms with van der Waals surface area (Å²) in [4.78, 5) is 20.2. The summed E-state index contributed by atoms with van der Waals surface area (Å²) in [5.41, 5.74) is 7.24. The van der Waals surface area contributed by atoms with Crippen LogP contribution in [-0.4, -0.2) is 42.7 Å². The zero-order valence-electron chi connectivity index (χ0n) is 13.2. The number of benzene rings is 1. The minimum absolute atomic E-state index is 0.0375. The average Bonchev–Trinajstić information content (AvgIpc) is 2.55. The predicted octanol–water partition coefficient (Wildman–Crippen LogP) is 1.50. The number of nitrogens with two attached hydrogens (primary N) is 1. The highest BCUT2D eigenvalue weighted by Crippen LogP contribution is 2.29. The van der Waals surface area contributed by atoms with Crippen molar-refractivity contribution in [2.45, 2.75) is 6.92 Å². The number of hydrogen-bond acceptors (Lipinski definition) is 6. The number of hydrogen-bond donors (Lipinski definition) is 2. The van der Waals surface area contributed by atoms with E-state index in [0.29, 0.717) is 31.2 Å². The molecule has 7 nitrogen and oxygen atoms in total. The Balaban J connectivity index is 2.36. The van der Waals surface area contributed by atoms with Crippen molar-refractivity contribution < 1.29 is 14.3 Å². The standard InChI is InChI=1S/C16H20N4O3/c1-3-18-15(21)13-10-12(19-16(17)20-13)11-6-4-5-7-14(11)23-9-8-22-2/h4-7,10H,3,8-9H2,1-2H3,(H,18,21)(H2,17,19,20). The second-order valence-corrected chi connectivity index (χ2v) is 4.69. The summed E-state index contributed by atoms with van der Waals surface area (Å²) in [7, 11) is 1.61. The Bertz CT molecular complexity index is 676. The molecule has 2 rings (SSSR count). The van der Waals surface area contributed by atoms with Gasteiger partial charge in [-0.25, -0.2) is 9.97 Å². The van der Waals surface area contributed by atoms with Gasteiger partial charge in [-0.15, -0.1) is 0 Å². The second-order valence-electron chi connectivity index (χ2n) is 4.69. The van der Waals surface area contributed by atoms with Gasteiger partial charge < -0.3 is 20.5 Å². The number of anilines is 1. The Labute approximate surface area is 134 Å². The summed E-state index contributed by atoms with van der Waals surface area (Å²) in [6.45, 7) is 3.23. The first kappa shape index (κ1) is 16.7. The summed E-state index contributed by atoms with van der Waals surface area (Å²) in [6.07, 6.45) is 0. The molecular weight excluding hydrogens is 296 g/mol. The van der Waals surface area contributed by atoms with Gasteiger partial charge in [-0.2, -0.15) is 0 Å². The normalized spacial score (nSPS) is 10.3. The predicted molar refractivity (Wildman–Crippen MR) is 87.3 cm³/mol. The molecule has 2 aromatic rings. The van der Waals surface area contributed by atoms with Crippen molar-refractivity contribution in [1.29, 1.82) is 0 Å². The molecule has 1 aromatic heterocycles. The molecule has 0 saturated heterocycles. The molecule has 0 radical (unpaired) electrons. The molecule has 0 spiro atoms. The number of nitrogens with zero attached hydrogens (tertiary/aromatic N) is 2. The fourth-order valence-electron chi connectivity index (χ4n) is 2.01. The molecule has 0 bridgehead atoms. The summed E-state index contributed by atoms with van der Waals surface area (Å²) < 4.78 is 10.7. The van der Waals surface area contributed by atoms with Crippen molar-refractivity contribution in [3.05, 3.63) is 36.0 Å². The quantitative estimate of drug-likeness (QED) is 0.751. The maximum absolute atomic E-state index is 12.0. The Kier molecular flexibility index (Phi) is 5.87. The van der Waals surface area contributed by atoms with E-state index < -0.39 is 0 Å². The number of amides is 1. The fraction of sp³-hybridized carbons (Fsp3) is 0.312. The summed E-state index contributed by atoms with van der Waals surface area (Å²) in [5, 5.41) is 2.69. The van der Waals surface area contributed by atoms with Crippen LogP contribution in [0.15, 0.2) is 30.3 Å². The SMILES string of the molecule is CCNC(=O)c1cc(-c2ccccc2OCCOC)nc(N)n1. The number of para-hydroxylation sites is 1. The molecule has 0 fully saturated rings. The van der Waals surface area contributed by atoms with Gasteiger partial charge in [-0.05, 0) is 25.1 Å². The van der Waals surface area contributed by atoms with Crippen molar-refractivity contribution in [2.75, 3.05) is 32.6 Å². The highest BCUT2D eigenvalue weighted by atomic mass is 16.5. The summed E-state index contributed by atoms with van der Waals surface area (Å²) in [5.74, 6) is 0.389. The van der Waals surface area contributed by atoms with Crippen molar-refractivity contribution in [3.8, 4) is 17.0 Å². The van der Waals surface area contributed by atoms with Gasteiger partial charge in [-0.1, -0.05) is 12.1 Å². The number of aromatic nitrogens is 2. The molecule has 7 heteroatoms. The third-order valence-corrected chi connectivity index (χ3v) is 3.02. The largest absolute Gasteiger partial charge is 0.490 e. The zero-order valence-corrected chi connectivity index (χ0v) is 13.2. The van der Waals surface area contributed by atoms with Crippen molar-refractivity contribution in [3.63, 3.8) is 0 Å². The maximum Gasteiger partial charge on any atom is 0.270 e. The summed E-state index contributed by atoms with van der Waals surface area (Å²) >= 11 is 0. The Morgan fingerprint density at radius 2 is 2.04 bits per heavy atom. The lowest BCUT2D eigenvalue weighted by Gasteiger charge is -2.12. The first-order chi connectivity index (χ1) is 11.2. The molecule has 0 atom stereocenters. The third kappa shape index (κ3) is 4.40. The lowest BCUT2D eigenvalue weighted by Crippen LogP contribution is -2.24. The van der Waals surface area contributed by atoms with Gasteiger partial charge >= 0.3 is 0 Å². The number of carbonyl (C=O) groups excluding carboxylic acids is 1. The van der Waals surface area contributed by atoms with E-state index in [-0.39, 0.29) is 17.5 Å². The molecule has 0 aliphatic rings. The minimum Gasteiger partial charge on any atom is -0.490 e. The van der Waals surface area contributed by atoms with Crippen molar-refractivity contribution in [1.82, 2.24) is 15.3 Å². The highest BCUT2D eigenvalue weighted by molar-refractivity contribution is 5.93. The first-order valence-corrected chi connectivity index (χ1v) is 7.29. The highest BCUT2D eigenvalue weighted by Gasteiger charge is 2.14. The van der Waals surface area contributed by atoms with Crippen LogP contribution in [0.5, 0.6) is 5.75 Å². The lowest BCUT2D eigenvalue weighted by molar-refractivity contribution is 0.0951. The smallest absolute Gasteiger partial charge is 0.270 e. The molecule has 0 unspecified atom stereocenters. The number of nitrogens with one attached hydrogen (secondary N) is 1. The molecule has 122 valence electrons. The van der Waals surface area contributed by atoms with Crippen LogP contribution in [0.2, 0.25) is 0 Å². The van der Waals surface area contributed by atoms with E-state index in [1.54, 1.807) is 13.2 Å². The van der Waals surface area contributed by atoms with Gasteiger partial charge in [0, 0.05) is 19.2 Å². The fourth-order valence-corrected chi connectivity index (χ4v) is 2.01. The number of rotatable bonds is 7. The maximum atomic E-state index is 12.0. The number of ether oxygens (including phenoxy) is 2. The summed E-state index contributed by atoms with van der Waals surface area (Å²) in [6, 6.07) is 9.00. The zero-order chi connectivity index (χ0) is 16.7. The molecule has 0 aliphatic carbocycles. The molecule has 23 heavy (non-hydrogen) atoms. The Hall–Kier alpha value is -2.67. The monoisotopic (exact) mass is 316 g/mol. The van der Waals surface area contributed by atoms with Gasteiger partial charge in [0.25, 0.3) is 5.91 Å². The van der Waals surface area contributed by atoms with Gasteiger partial charge in [-0.3, -0.25) is 4.79 Å². The van der Waals surface area contributed by atoms with Crippen LogP contribution >= 0.6 is 0 Å². The molecule has 0 saturated carbocycles. The van der Waals surface area contributed by atoms with Crippen LogP contribution in [0.1, 0.15) is 17.4 Å². The number of carbonyl (C=O) groups is 1. The molecule has 1 aromatic carbocycles. The van der Waals surface area contributed by atoms with Gasteiger partial charge in [0.05, 0.1) is 12.3 Å². The van der Waals surface area contributed by atoms with E-state index in [4.69, 9.17) is 15.2 Å². The van der Waals surface area contributed by atoms with E-state index >= 15 is 0 Å². The van der Waals surface area contributed by atoms with Crippen LogP contribution in [0.4, 0.5) is 5.95 Å². The molecule has 1 amide bonds. The van der Waals surface area contributed by atoms with Crippen LogP contribution in [0.25, 0.3) is 11.3 Å². The van der Waals surface area contributed by atoms with E-state index in [2.05, 4.69) is 15.3 Å². The molecule has 3 N–H and O–H groups in total. The average molecular weight is 316 g/mol. The Morgan fingerprint density at radius 1 is 1.26 bits per heavy atom. The number of nitrogen functional groups attached to an aromatic ring is 1. The van der Waals surface area contributed by atoms with Crippen LogP contribution in [-0.2, 0) is 4.74 Å². The van der Waals surface area contributed by atoms with E-state index in [0.717, 1.165) is 5.56 Å². The van der Waals surface area contributed by atoms with Gasteiger partial charge in [0.15, 0.2) is 0 Å². The molecular formula is C16H20N4O3. The Morgan fingerprint density at radius 3 is 2.78 bits per heavy atom. The van der Waals surface area contributed by atoms with Crippen LogP contribution in [0.3, 0.4) is 0 Å². The van der Waals surface area contributed by atoms with Gasteiger partial charge in [0.2, 0.25) is 5.95 Å². The minimum atomic E-state index is -0.291. The van der Waals surface area contributed by atoms with E-state index in [1.165, 1.54) is 0 Å². The molecule has 1 heterocycles. The van der Waals surface area contributed by atoms with E-state index in [9.17, 15) is 4.79 Å². The topological polar surface area (TPSA) is 99.4 Å². The lowest BCUT2D eigenvalue weighted by atomic mass is 10.1. The molecule has 0 aliphatic heterocycles. The van der Waals surface area contributed by atoms with Crippen molar-refractivity contribution in [2.24, 2.45) is 0 Å².